The fraction of sp³-hybridized carbons (Fsp3) is 0.600. The molecule has 0 saturated heterocycles. The number of hydrogen-bond donors (Lipinski definition) is 0. The molecule has 0 aliphatic heterocycles. The lowest BCUT2D eigenvalue weighted by Crippen LogP contribution is -2.29. The molecule has 0 amide bonds. The molecule has 1 heterocycles. The molecule has 0 spiro atoms. The molecule has 0 radical (unpaired) electrons. The summed E-state index contributed by atoms with van der Waals surface area (Å²) < 4.78 is 18.6. The van der Waals surface area contributed by atoms with Crippen LogP contribution >= 0.6 is 10.7 Å². The first-order valence-corrected chi connectivity index (χ1v) is 9.14. The lowest BCUT2D eigenvalue weighted by molar-refractivity contribution is -0.143. The van der Waals surface area contributed by atoms with E-state index in [2.05, 4.69) is 0 Å². The fourth-order valence-corrected chi connectivity index (χ4v) is 4.33. The molecule has 5 nitrogen and oxygen atoms in total. The molecule has 1 aliphatic carbocycles. The summed E-state index contributed by atoms with van der Waals surface area (Å²) in [4.78, 5) is 24.7. The number of halogens is 1. The molecule has 1 aliphatic rings. The Morgan fingerprint density at radius 1 is 1.41 bits per heavy atom. The number of fused-ring (bicyclic) bond motifs is 1. The smallest absolute Gasteiger partial charge is 0.325 e. The van der Waals surface area contributed by atoms with Crippen molar-refractivity contribution in [1.82, 2.24) is 4.57 Å². The van der Waals surface area contributed by atoms with Crippen LogP contribution in [0, 0.1) is 12.3 Å². The van der Waals surface area contributed by atoms with Crippen molar-refractivity contribution in [3.63, 3.8) is 0 Å². The number of hydrogen-bond acceptors (Lipinski definition) is 4. The Hall–Kier alpha value is -1.14. The Bertz CT molecular complexity index is 663. The zero-order valence-corrected chi connectivity index (χ0v) is 14.8. The normalized spacial score (nSPS) is 18.0. The minimum Gasteiger partial charge on any atom is -0.465 e. The second kappa shape index (κ2) is 6.16. The van der Waals surface area contributed by atoms with E-state index in [0.29, 0.717) is 35.6 Å². The first-order valence-electron chi connectivity index (χ1n) is 7.16. The van der Waals surface area contributed by atoms with Gasteiger partial charge < -0.3 is 9.30 Å². The number of ether oxygens (including phenoxy) is 1. The number of ketones is 1. The van der Waals surface area contributed by atoms with Gasteiger partial charge in [0.2, 0.25) is 0 Å². The molecule has 0 aromatic carbocycles. The third-order valence-corrected chi connectivity index (χ3v) is 5.18. The van der Waals surface area contributed by atoms with E-state index in [4.69, 9.17) is 15.4 Å². The van der Waals surface area contributed by atoms with Crippen LogP contribution in [0.4, 0.5) is 0 Å². The predicted octanol–water partition coefficient (Wildman–Crippen LogP) is 2.78. The van der Waals surface area contributed by atoms with Gasteiger partial charge in [0.25, 0.3) is 0 Å². The number of nitrogens with zero attached hydrogens (tertiary/aromatic N) is 1. The zero-order valence-electron chi connectivity index (χ0n) is 13.2. The van der Waals surface area contributed by atoms with Crippen molar-refractivity contribution < 1.29 is 18.5 Å². The van der Waals surface area contributed by atoms with Crippen LogP contribution < -0.4 is 0 Å². The number of aromatic nitrogens is 1. The van der Waals surface area contributed by atoms with E-state index in [9.17, 15) is 13.8 Å². The largest absolute Gasteiger partial charge is 0.465 e. The summed E-state index contributed by atoms with van der Waals surface area (Å²) in [6.07, 6.45) is 1.01. The quantitative estimate of drug-likeness (QED) is 0.621. The monoisotopic (exact) mass is 345 g/mol. The average Bonchev–Trinajstić information content (AvgIpc) is 2.62. The van der Waals surface area contributed by atoms with Crippen LogP contribution in [0.25, 0.3) is 0 Å². The molecule has 0 bridgehead atoms. The van der Waals surface area contributed by atoms with E-state index in [1.165, 1.54) is 0 Å². The van der Waals surface area contributed by atoms with Crippen LogP contribution in [0.1, 0.15) is 48.9 Å². The van der Waals surface area contributed by atoms with Crippen LogP contribution in [0.2, 0.25) is 0 Å². The number of Topliss-reactive ketones (excluding diaryl/α,β-unsaturated/α-hetero) is 1. The number of rotatable bonds is 4. The van der Waals surface area contributed by atoms with Crippen molar-refractivity contribution in [2.75, 3.05) is 6.61 Å². The molecule has 1 aromatic rings. The van der Waals surface area contributed by atoms with Gasteiger partial charge in [0.1, 0.15) is 16.6 Å². The van der Waals surface area contributed by atoms with Gasteiger partial charge in [-0.1, -0.05) is 13.8 Å². The highest BCUT2D eigenvalue weighted by atomic mass is 35.7. The summed E-state index contributed by atoms with van der Waals surface area (Å²) in [5, 5.41) is 0. The van der Waals surface area contributed by atoms with E-state index in [1.54, 1.807) is 18.4 Å². The molecule has 22 heavy (non-hydrogen) atoms. The first-order chi connectivity index (χ1) is 10.2. The van der Waals surface area contributed by atoms with Crippen LogP contribution in [-0.2, 0) is 32.5 Å². The van der Waals surface area contributed by atoms with Gasteiger partial charge in [-0.05, 0) is 36.4 Å². The van der Waals surface area contributed by atoms with Gasteiger partial charge in [-0.15, -0.1) is 0 Å². The molecule has 0 fully saturated rings. The number of carbonyl (C=O) groups excluding carboxylic acids is 2. The maximum atomic E-state index is 12.5. The van der Waals surface area contributed by atoms with Crippen LogP contribution in [0.15, 0.2) is 4.90 Å². The van der Waals surface area contributed by atoms with Gasteiger partial charge in [0, 0.05) is 17.8 Å². The van der Waals surface area contributed by atoms with Crippen molar-refractivity contribution in [3.8, 4) is 0 Å². The summed E-state index contributed by atoms with van der Waals surface area (Å²) in [7, 11) is 3.99. The van der Waals surface area contributed by atoms with Gasteiger partial charge in [0.15, 0.2) is 5.78 Å². The van der Waals surface area contributed by atoms with Crippen molar-refractivity contribution >= 4 is 32.4 Å². The predicted molar refractivity (Wildman–Crippen MR) is 84.5 cm³/mol. The van der Waals surface area contributed by atoms with E-state index in [-0.39, 0.29) is 23.7 Å². The lowest BCUT2D eigenvalue weighted by atomic mass is 9.76. The zero-order chi connectivity index (χ0) is 16.7. The van der Waals surface area contributed by atoms with Crippen molar-refractivity contribution in [2.24, 2.45) is 5.41 Å². The third-order valence-electron chi connectivity index (χ3n) is 3.89. The molecule has 0 N–H and O–H groups in total. The summed E-state index contributed by atoms with van der Waals surface area (Å²) in [5.41, 5.74) is 1.55. The van der Waals surface area contributed by atoms with E-state index >= 15 is 0 Å². The first kappa shape index (κ1) is 17.2. The minimum absolute atomic E-state index is 0.000540. The van der Waals surface area contributed by atoms with Gasteiger partial charge in [-0.25, -0.2) is 4.21 Å². The van der Waals surface area contributed by atoms with Gasteiger partial charge in [0.05, 0.1) is 17.1 Å². The maximum Gasteiger partial charge on any atom is 0.325 e. The van der Waals surface area contributed by atoms with Crippen LogP contribution in [-0.4, -0.2) is 27.1 Å². The molecule has 1 unspecified atom stereocenters. The van der Waals surface area contributed by atoms with Crippen LogP contribution in [0.3, 0.4) is 0 Å². The summed E-state index contributed by atoms with van der Waals surface area (Å²) >= 11 is 0. The van der Waals surface area contributed by atoms with Crippen LogP contribution in [0.5, 0.6) is 0 Å². The van der Waals surface area contributed by atoms with Gasteiger partial charge >= 0.3 is 5.97 Å². The fourth-order valence-electron chi connectivity index (χ4n) is 3.03. The highest BCUT2D eigenvalue weighted by molar-refractivity contribution is 8.08. The molecule has 1 aromatic heterocycles. The highest BCUT2D eigenvalue weighted by Crippen LogP contribution is 2.40. The molecular weight excluding hydrogens is 326 g/mol. The number of carbonyl (C=O) groups is 2. The Balaban J connectivity index is 2.59. The Kier molecular flexibility index (Phi) is 4.82. The number of esters is 1. The van der Waals surface area contributed by atoms with E-state index < -0.39 is 10.0 Å². The molecule has 1 atom stereocenters. The third kappa shape index (κ3) is 3.13. The second-order valence-electron chi connectivity index (χ2n) is 6.29. The SMILES string of the molecule is CCOC(=O)Cn1c(C)c(S(=O)Cl)c2c1CC(C)(C)CC2=O. The highest BCUT2D eigenvalue weighted by Gasteiger charge is 2.38. The molecule has 7 heteroatoms. The molecule has 2 rings (SSSR count). The summed E-state index contributed by atoms with van der Waals surface area (Å²) in [6, 6.07) is 0. The Morgan fingerprint density at radius 2 is 2.05 bits per heavy atom. The van der Waals surface area contributed by atoms with Gasteiger partial charge in [-0.3, -0.25) is 9.59 Å². The van der Waals surface area contributed by atoms with Crippen molar-refractivity contribution in [1.29, 1.82) is 0 Å². The molecule has 0 saturated carbocycles. The summed E-state index contributed by atoms with van der Waals surface area (Å²) in [6.45, 7) is 7.76. The van der Waals surface area contributed by atoms with Crippen molar-refractivity contribution in [3.05, 3.63) is 17.0 Å². The second-order valence-corrected chi connectivity index (χ2v) is 7.99. The molecular formula is C15H20ClNO4S. The molecule has 122 valence electrons. The maximum absolute atomic E-state index is 12.5. The van der Waals surface area contributed by atoms with E-state index in [1.807, 2.05) is 13.8 Å². The van der Waals surface area contributed by atoms with Crippen molar-refractivity contribution in [2.45, 2.75) is 52.0 Å². The lowest BCUT2D eigenvalue weighted by Gasteiger charge is -2.29. The average molecular weight is 346 g/mol. The summed E-state index contributed by atoms with van der Waals surface area (Å²) in [5.74, 6) is -0.452. The minimum atomic E-state index is -1.79. The Labute approximate surface area is 136 Å². The van der Waals surface area contributed by atoms with Gasteiger partial charge in [-0.2, -0.15) is 0 Å². The Morgan fingerprint density at radius 3 is 2.59 bits per heavy atom. The standard InChI is InChI=1S/C15H20ClNO4S/c1-5-21-12(19)8-17-9(2)14(22(16)20)13-10(17)6-15(3,4)7-11(13)18/h5-8H2,1-4H3. The van der Waals surface area contributed by atoms with E-state index in [0.717, 1.165) is 5.69 Å². The topological polar surface area (TPSA) is 65.4 Å².